The quantitative estimate of drug-likeness (QED) is 0.169. The third-order valence-corrected chi connectivity index (χ3v) is 10.9. The first-order chi connectivity index (χ1) is 26.2. The molecule has 1 unspecified atom stereocenters. The second-order valence-corrected chi connectivity index (χ2v) is 14.0. The van der Waals surface area contributed by atoms with Crippen LogP contribution in [0.15, 0.2) is 188 Å². The highest BCUT2D eigenvalue weighted by atomic mass is 16.5. The standard InChI is InChI=1S/C51H37NO/c1-34-47(31-38(36-16-6-3-7-17-36)24-25-41-30-37(27-29-51(41)53-34)35-14-4-2-5-15-35)40-26-28-46-45-22-12-13-23-48(45)52(50(46)33-40)49-32-39-18-8-9-19-42(39)43-20-10-11-21-44(43)49/h2-24,26-34H,25H2,1H3/b38-24+,47-31+. The lowest BCUT2D eigenvalue weighted by molar-refractivity contribution is 0.276. The van der Waals surface area contributed by atoms with Crippen LogP contribution in [0.1, 0.15) is 23.6 Å². The van der Waals surface area contributed by atoms with Crippen LogP contribution in [0, 0.1) is 0 Å². The summed E-state index contributed by atoms with van der Waals surface area (Å²) in [5.41, 5.74) is 11.8. The minimum atomic E-state index is -0.210. The van der Waals surface area contributed by atoms with Crippen molar-refractivity contribution < 1.29 is 4.74 Å². The fraction of sp³-hybridized carbons (Fsp3) is 0.0588. The maximum Gasteiger partial charge on any atom is 0.123 e. The molecular formula is C51H37NO. The number of para-hydroxylation sites is 1. The number of benzene rings is 8. The second-order valence-electron chi connectivity index (χ2n) is 14.0. The van der Waals surface area contributed by atoms with Crippen LogP contribution >= 0.6 is 0 Å². The molecule has 1 atom stereocenters. The van der Waals surface area contributed by atoms with Crippen LogP contribution < -0.4 is 4.74 Å². The molecule has 9 aromatic rings. The van der Waals surface area contributed by atoms with Crippen LogP contribution in [-0.2, 0) is 6.42 Å². The molecule has 8 aromatic carbocycles. The minimum absolute atomic E-state index is 0.210. The van der Waals surface area contributed by atoms with Crippen molar-refractivity contribution in [3.8, 4) is 22.6 Å². The summed E-state index contributed by atoms with van der Waals surface area (Å²) in [6.45, 7) is 2.19. The van der Waals surface area contributed by atoms with Gasteiger partial charge in [-0.15, -0.1) is 0 Å². The summed E-state index contributed by atoms with van der Waals surface area (Å²) in [4.78, 5) is 0. The van der Waals surface area contributed by atoms with E-state index in [1.165, 1.54) is 76.9 Å². The number of hydrogen-bond acceptors (Lipinski definition) is 1. The van der Waals surface area contributed by atoms with Gasteiger partial charge in [0.05, 0.1) is 16.7 Å². The van der Waals surface area contributed by atoms with Crippen LogP contribution in [0.2, 0.25) is 0 Å². The zero-order valence-electron chi connectivity index (χ0n) is 29.5. The number of rotatable bonds is 4. The van der Waals surface area contributed by atoms with Gasteiger partial charge < -0.3 is 9.30 Å². The molecule has 0 fully saturated rings. The predicted octanol–water partition coefficient (Wildman–Crippen LogP) is 13.2. The lowest BCUT2D eigenvalue weighted by atomic mass is 9.94. The Morgan fingerprint density at radius 1 is 0.491 bits per heavy atom. The van der Waals surface area contributed by atoms with E-state index in [1.54, 1.807) is 0 Å². The van der Waals surface area contributed by atoms with Crippen LogP contribution in [0.4, 0.5) is 0 Å². The molecule has 53 heavy (non-hydrogen) atoms. The van der Waals surface area contributed by atoms with Crippen molar-refractivity contribution in [2.45, 2.75) is 19.4 Å². The highest BCUT2D eigenvalue weighted by Crippen LogP contribution is 2.40. The van der Waals surface area contributed by atoms with Gasteiger partial charge in [-0.3, -0.25) is 0 Å². The Morgan fingerprint density at radius 3 is 1.94 bits per heavy atom. The Hall–Kier alpha value is -6.64. The normalized spacial score (nSPS) is 16.6. The third kappa shape index (κ3) is 5.43. The van der Waals surface area contributed by atoms with Gasteiger partial charge in [-0.2, -0.15) is 0 Å². The van der Waals surface area contributed by atoms with Crippen molar-refractivity contribution in [3.05, 3.63) is 205 Å². The lowest BCUT2D eigenvalue weighted by Crippen LogP contribution is -2.15. The zero-order chi connectivity index (χ0) is 35.3. The molecular weight excluding hydrogens is 643 g/mol. The predicted molar refractivity (Wildman–Crippen MR) is 224 cm³/mol. The SMILES string of the molecule is CC1Oc2ccc(-c3ccccc3)cc2C/C=C(c2ccccc2)\C=C/1c1ccc2c3ccccc3n(-c3cc4ccccc4c4ccccc34)c2c1. The van der Waals surface area contributed by atoms with Crippen LogP contribution in [0.5, 0.6) is 5.75 Å². The van der Waals surface area contributed by atoms with Gasteiger partial charge >= 0.3 is 0 Å². The molecule has 0 aliphatic carbocycles. The van der Waals surface area contributed by atoms with Crippen molar-refractivity contribution in [2.75, 3.05) is 0 Å². The molecule has 0 spiro atoms. The van der Waals surface area contributed by atoms with Gasteiger partial charge in [0.15, 0.2) is 0 Å². The van der Waals surface area contributed by atoms with Gasteiger partial charge in [0.1, 0.15) is 11.9 Å². The van der Waals surface area contributed by atoms with Gasteiger partial charge in [-0.05, 0) is 105 Å². The number of fused-ring (bicyclic) bond motifs is 7. The van der Waals surface area contributed by atoms with E-state index >= 15 is 0 Å². The Balaban J connectivity index is 1.18. The summed E-state index contributed by atoms with van der Waals surface area (Å²) >= 11 is 0. The number of nitrogens with zero attached hydrogens (tertiary/aromatic N) is 1. The average molecular weight is 680 g/mol. The Labute approximate surface area is 309 Å². The van der Waals surface area contributed by atoms with Crippen molar-refractivity contribution in [1.82, 2.24) is 4.57 Å². The number of hydrogen-bond donors (Lipinski definition) is 0. The van der Waals surface area contributed by atoms with E-state index in [0.29, 0.717) is 0 Å². The fourth-order valence-corrected chi connectivity index (χ4v) is 8.26. The van der Waals surface area contributed by atoms with Crippen LogP contribution in [0.3, 0.4) is 0 Å². The first kappa shape index (κ1) is 31.1. The lowest BCUT2D eigenvalue weighted by Gasteiger charge is -2.21. The van der Waals surface area contributed by atoms with Gasteiger partial charge in [-0.1, -0.05) is 152 Å². The van der Waals surface area contributed by atoms with Gasteiger partial charge in [0, 0.05) is 16.2 Å². The summed E-state index contributed by atoms with van der Waals surface area (Å²) in [6, 6.07) is 63.6. The molecule has 2 heteroatoms. The molecule has 0 saturated heterocycles. The van der Waals surface area contributed by atoms with E-state index < -0.39 is 0 Å². The van der Waals surface area contributed by atoms with E-state index in [2.05, 4.69) is 200 Å². The smallest absolute Gasteiger partial charge is 0.123 e. The Morgan fingerprint density at radius 2 is 1.13 bits per heavy atom. The van der Waals surface area contributed by atoms with Gasteiger partial charge in [0.2, 0.25) is 0 Å². The molecule has 1 aliphatic heterocycles. The van der Waals surface area contributed by atoms with Gasteiger partial charge in [-0.25, -0.2) is 0 Å². The van der Waals surface area contributed by atoms with Crippen LogP contribution in [0.25, 0.3) is 71.3 Å². The van der Waals surface area contributed by atoms with E-state index in [0.717, 1.165) is 23.3 Å². The second kappa shape index (κ2) is 12.8. The monoisotopic (exact) mass is 679 g/mol. The molecule has 0 amide bonds. The molecule has 0 radical (unpaired) electrons. The largest absolute Gasteiger partial charge is 0.486 e. The molecule has 2 heterocycles. The number of aromatic nitrogens is 1. The zero-order valence-corrected chi connectivity index (χ0v) is 29.5. The first-order valence-corrected chi connectivity index (χ1v) is 18.5. The van der Waals surface area contributed by atoms with Gasteiger partial charge in [0.25, 0.3) is 0 Å². The van der Waals surface area contributed by atoms with Crippen molar-refractivity contribution in [1.29, 1.82) is 0 Å². The van der Waals surface area contributed by atoms with E-state index in [4.69, 9.17) is 4.74 Å². The summed E-state index contributed by atoms with van der Waals surface area (Å²) in [5.74, 6) is 0.923. The third-order valence-electron chi connectivity index (χ3n) is 10.9. The minimum Gasteiger partial charge on any atom is -0.486 e. The Bertz CT molecular complexity index is 2890. The fourth-order valence-electron chi connectivity index (χ4n) is 8.26. The van der Waals surface area contributed by atoms with Crippen molar-refractivity contribution >= 4 is 54.5 Å². The summed E-state index contributed by atoms with van der Waals surface area (Å²) in [5, 5.41) is 7.47. The molecule has 0 N–H and O–H groups in total. The van der Waals surface area contributed by atoms with Crippen molar-refractivity contribution in [2.24, 2.45) is 0 Å². The number of allylic oxidation sites excluding steroid dienone is 3. The van der Waals surface area contributed by atoms with Crippen molar-refractivity contribution in [3.63, 3.8) is 0 Å². The van der Waals surface area contributed by atoms with E-state index in [-0.39, 0.29) is 6.10 Å². The molecule has 0 bridgehead atoms. The molecule has 10 rings (SSSR count). The Kier molecular flexibility index (Phi) is 7.54. The summed E-state index contributed by atoms with van der Waals surface area (Å²) in [7, 11) is 0. The first-order valence-electron chi connectivity index (χ1n) is 18.5. The molecule has 2 nitrogen and oxygen atoms in total. The van der Waals surface area contributed by atoms with E-state index in [1.807, 2.05) is 0 Å². The molecule has 0 saturated carbocycles. The molecule has 1 aliphatic rings. The highest BCUT2D eigenvalue weighted by Gasteiger charge is 2.22. The topological polar surface area (TPSA) is 14.2 Å². The average Bonchev–Trinajstić information content (AvgIpc) is 3.57. The van der Waals surface area contributed by atoms with E-state index in [9.17, 15) is 0 Å². The number of ether oxygens (including phenoxy) is 1. The summed E-state index contributed by atoms with van der Waals surface area (Å²) in [6.07, 6.45) is 5.27. The highest BCUT2D eigenvalue weighted by molar-refractivity contribution is 6.15. The maximum absolute atomic E-state index is 6.94. The summed E-state index contributed by atoms with van der Waals surface area (Å²) < 4.78 is 9.41. The molecule has 252 valence electrons. The van der Waals surface area contributed by atoms with Crippen LogP contribution in [-0.4, -0.2) is 10.7 Å². The maximum atomic E-state index is 6.94. The molecule has 1 aromatic heterocycles.